The van der Waals surface area contributed by atoms with Gasteiger partial charge in [0, 0.05) is 19.0 Å². The van der Waals surface area contributed by atoms with Crippen LogP contribution in [0.2, 0.25) is 0 Å². The SMILES string of the molecule is CC(C)Cn1ncnc1CC(NN)C1CC1C. The molecule has 1 fully saturated rings. The van der Waals surface area contributed by atoms with Gasteiger partial charge in [0.2, 0.25) is 0 Å². The van der Waals surface area contributed by atoms with E-state index < -0.39 is 0 Å². The summed E-state index contributed by atoms with van der Waals surface area (Å²) < 4.78 is 2.00. The molecule has 5 nitrogen and oxygen atoms in total. The Labute approximate surface area is 103 Å². The van der Waals surface area contributed by atoms with E-state index in [-0.39, 0.29) is 0 Å². The third kappa shape index (κ3) is 3.04. The highest BCUT2D eigenvalue weighted by molar-refractivity contribution is 4.98. The topological polar surface area (TPSA) is 68.8 Å². The van der Waals surface area contributed by atoms with Crippen molar-refractivity contribution < 1.29 is 0 Å². The van der Waals surface area contributed by atoms with Gasteiger partial charge in [-0.2, -0.15) is 5.10 Å². The standard InChI is InChI=1S/C12H23N5/c1-8(2)6-17-12(14-7-15-17)5-11(16-13)10-4-9(10)3/h7-11,16H,4-6,13H2,1-3H3. The van der Waals surface area contributed by atoms with Crippen molar-refractivity contribution in [2.75, 3.05) is 0 Å². The monoisotopic (exact) mass is 237 g/mol. The Hall–Kier alpha value is -0.940. The summed E-state index contributed by atoms with van der Waals surface area (Å²) in [4.78, 5) is 4.35. The number of aromatic nitrogens is 3. The molecule has 96 valence electrons. The molecule has 0 bridgehead atoms. The number of hydrogen-bond donors (Lipinski definition) is 2. The average molecular weight is 237 g/mol. The Morgan fingerprint density at radius 2 is 2.29 bits per heavy atom. The minimum absolute atomic E-state index is 0.333. The molecule has 0 spiro atoms. The third-order valence-electron chi connectivity index (χ3n) is 3.54. The van der Waals surface area contributed by atoms with Crippen LogP contribution in [0, 0.1) is 17.8 Å². The molecule has 0 radical (unpaired) electrons. The van der Waals surface area contributed by atoms with Gasteiger partial charge in [0.25, 0.3) is 0 Å². The first-order valence-electron chi connectivity index (χ1n) is 6.44. The van der Waals surface area contributed by atoms with Crippen molar-refractivity contribution in [2.24, 2.45) is 23.6 Å². The fourth-order valence-corrected chi connectivity index (χ4v) is 2.39. The van der Waals surface area contributed by atoms with Crippen molar-refractivity contribution in [3.8, 4) is 0 Å². The van der Waals surface area contributed by atoms with Gasteiger partial charge in [-0.15, -0.1) is 0 Å². The molecule has 1 aromatic rings. The number of hydrazine groups is 1. The van der Waals surface area contributed by atoms with Crippen LogP contribution >= 0.6 is 0 Å². The molecule has 3 atom stereocenters. The zero-order chi connectivity index (χ0) is 12.4. The van der Waals surface area contributed by atoms with Gasteiger partial charge in [0.05, 0.1) is 0 Å². The van der Waals surface area contributed by atoms with Crippen LogP contribution in [0.15, 0.2) is 6.33 Å². The molecule has 0 aliphatic heterocycles. The lowest BCUT2D eigenvalue weighted by Gasteiger charge is -2.16. The van der Waals surface area contributed by atoms with Crippen LogP contribution in [-0.4, -0.2) is 20.8 Å². The maximum Gasteiger partial charge on any atom is 0.138 e. The van der Waals surface area contributed by atoms with E-state index >= 15 is 0 Å². The molecule has 1 aliphatic carbocycles. The molecule has 3 N–H and O–H groups in total. The van der Waals surface area contributed by atoms with E-state index in [2.05, 4.69) is 36.3 Å². The second-order valence-corrected chi connectivity index (χ2v) is 5.61. The zero-order valence-electron chi connectivity index (χ0n) is 10.9. The summed E-state index contributed by atoms with van der Waals surface area (Å²) in [6, 6.07) is 0.333. The Morgan fingerprint density at radius 3 is 2.82 bits per heavy atom. The summed E-state index contributed by atoms with van der Waals surface area (Å²) in [6.45, 7) is 7.57. The second-order valence-electron chi connectivity index (χ2n) is 5.61. The van der Waals surface area contributed by atoms with Crippen LogP contribution in [-0.2, 0) is 13.0 Å². The summed E-state index contributed by atoms with van der Waals surface area (Å²) in [6.07, 6.45) is 3.78. The van der Waals surface area contributed by atoms with Gasteiger partial charge in [0.1, 0.15) is 12.2 Å². The highest BCUT2D eigenvalue weighted by atomic mass is 15.3. The van der Waals surface area contributed by atoms with E-state index in [1.165, 1.54) is 6.42 Å². The van der Waals surface area contributed by atoms with Crippen LogP contribution in [0.4, 0.5) is 0 Å². The molecule has 0 saturated heterocycles. The van der Waals surface area contributed by atoms with Gasteiger partial charge >= 0.3 is 0 Å². The van der Waals surface area contributed by atoms with E-state index in [1.807, 2.05) is 4.68 Å². The van der Waals surface area contributed by atoms with Crippen molar-refractivity contribution in [1.82, 2.24) is 20.2 Å². The molecule has 17 heavy (non-hydrogen) atoms. The van der Waals surface area contributed by atoms with E-state index in [0.29, 0.717) is 17.9 Å². The van der Waals surface area contributed by atoms with Gasteiger partial charge in [-0.25, -0.2) is 9.67 Å². The fourth-order valence-electron chi connectivity index (χ4n) is 2.39. The van der Waals surface area contributed by atoms with Crippen molar-refractivity contribution >= 4 is 0 Å². The van der Waals surface area contributed by atoms with Gasteiger partial charge < -0.3 is 0 Å². The Kier molecular flexibility index (Phi) is 3.79. The molecule has 0 amide bonds. The summed E-state index contributed by atoms with van der Waals surface area (Å²) >= 11 is 0. The first kappa shape index (κ1) is 12.5. The number of hydrogen-bond acceptors (Lipinski definition) is 4. The largest absolute Gasteiger partial charge is 0.271 e. The molecule has 1 saturated carbocycles. The molecular weight excluding hydrogens is 214 g/mol. The lowest BCUT2D eigenvalue weighted by atomic mass is 10.1. The van der Waals surface area contributed by atoms with Crippen LogP contribution < -0.4 is 11.3 Å². The summed E-state index contributed by atoms with van der Waals surface area (Å²) in [7, 11) is 0. The maximum atomic E-state index is 5.64. The van der Waals surface area contributed by atoms with E-state index in [4.69, 9.17) is 5.84 Å². The summed E-state index contributed by atoms with van der Waals surface area (Å²) in [5.74, 6) is 8.75. The molecule has 1 heterocycles. The summed E-state index contributed by atoms with van der Waals surface area (Å²) in [5, 5.41) is 4.28. The molecule has 2 rings (SSSR count). The number of nitrogens with one attached hydrogen (secondary N) is 1. The van der Waals surface area contributed by atoms with Gasteiger partial charge in [-0.05, 0) is 24.2 Å². The van der Waals surface area contributed by atoms with Crippen molar-refractivity contribution in [1.29, 1.82) is 0 Å². The quantitative estimate of drug-likeness (QED) is 0.571. The maximum absolute atomic E-state index is 5.64. The smallest absolute Gasteiger partial charge is 0.138 e. The average Bonchev–Trinajstić information content (AvgIpc) is 2.83. The number of rotatable bonds is 6. The Bertz CT molecular complexity index is 360. The molecule has 1 aliphatic rings. The summed E-state index contributed by atoms with van der Waals surface area (Å²) in [5.41, 5.74) is 2.93. The molecule has 3 unspecified atom stereocenters. The zero-order valence-corrected chi connectivity index (χ0v) is 10.9. The first-order valence-corrected chi connectivity index (χ1v) is 6.44. The van der Waals surface area contributed by atoms with Gasteiger partial charge in [-0.1, -0.05) is 20.8 Å². The van der Waals surface area contributed by atoms with E-state index in [1.54, 1.807) is 6.33 Å². The predicted octanol–water partition coefficient (Wildman–Crippen LogP) is 0.964. The van der Waals surface area contributed by atoms with E-state index in [0.717, 1.165) is 24.7 Å². The lowest BCUT2D eigenvalue weighted by Crippen LogP contribution is -2.39. The second kappa shape index (κ2) is 5.14. The van der Waals surface area contributed by atoms with Crippen LogP contribution in [0.1, 0.15) is 33.0 Å². The first-order chi connectivity index (χ1) is 8.11. The minimum atomic E-state index is 0.333. The predicted molar refractivity (Wildman–Crippen MR) is 66.9 cm³/mol. The molecule has 5 heteroatoms. The third-order valence-corrected chi connectivity index (χ3v) is 3.54. The normalized spacial score (nSPS) is 25.2. The molecular formula is C12H23N5. The number of nitrogens with zero attached hydrogens (tertiary/aromatic N) is 3. The minimum Gasteiger partial charge on any atom is -0.271 e. The van der Waals surface area contributed by atoms with Crippen molar-refractivity contribution in [3.05, 3.63) is 12.2 Å². The van der Waals surface area contributed by atoms with Gasteiger partial charge in [0.15, 0.2) is 0 Å². The van der Waals surface area contributed by atoms with Gasteiger partial charge in [-0.3, -0.25) is 11.3 Å². The molecule has 1 aromatic heterocycles. The highest BCUT2D eigenvalue weighted by Crippen LogP contribution is 2.41. The fraction of sp³-hybridized carbons (Fsp3) is 0.833. The lowest BCUT2D eigenvalue weighted by molar-refractivity contribution is 0.414. The van der Waals surface area contributed by atoms with Crippen LogP contribution in [0.5, 0.6) is 0 Å². The van der Waals surface area contributed by atoms with E-state index in [9.17, 15) is 0 Å². The van der Waals surface area contributed by atoms with Crippen LogP contribution in [0.3, 0.4) is 0 Å². The number of nitrogens with two attached hydrogens (primary N) is 1. The van der Waals surface area contributed by atoms with Crippen molar-refractivity contribution in [2.45, 2.75) is 46.2 Å². The van der Waals surface area contributed by atoms with Crippen LogP contribution in [0.25, 0.3) is 0 Å². The molecule has 0 aromatic carbocycles. The Morgan fingerprint density at radius 1 is 1.59 bits per heavy atom. The Balaban J connectivity index is 1.99. The van der Waals surface area contributed by atoms with Crippen molar-refractivity contribution in [3.63, 3.8) is 0 Å². The highest BCUT2D eigenvalue weighted by Gasteiger charge is 2.39.